The number of allylic oxidation sites excluding steroid dienone is 1. The molecule has 158 valence electrons. The molecular formula is C21H21NO8. The molecule has 0 saturated carbocycles. The number of amides is 1. The number of benzene rings is 1. The third-order valence-corrected chi connectivity index (χ3v) is 6.79. The Morgan fingerprint density at radius 2 is 1.73 bits per heavy atom. The van der Waals surface area contributed by atoms with Crippen molar-refractivity contribution in [3.8, 4) is 5.75 Å². The van der Waals surface area contributed by atoms with Gasteiger partial charge in [-0.25, -0.2) is 0 Å². The Bertz CT molecular complexity index is 1090. The number of primary amides is 1. The molecule has 0 heterocycles. The van der Waals surface area contributed by atoms with Gasteiger partial charge in [-0.05, 0) is 17.5 Å². The summed E-state index contributed by atoms with van der Waals surface area (Å²) in [4.78, 5) is 37.9. The molecule has 0 fully saturated rings. The van der Waals surface area contributed by atoms with Crippen molar-refractivity contribution in [2.45, 2.75) is 31.5 Å². The Morgan fingerprint density at radius 1 is 1.10 bits per heavy atom. The lowest BCUT2D eigenvalue weighted by atomic mass is 9.54. The molecule has 9 nitrogen and oxygen atoms in total. The molecule has 0 bridgehead atoms. The minimum absolute atomic E-state index is 0.0955. The second-order valence-corrected chi connectivity index (χ2v) is 8.17. The second-order valence-electron chi connectivity index (χ2n) is 8.17. The molecule has 3 aliphatic carbocycles. The van der Waals surface area contributed by atoms with Gasteiger partial charge in [-0.2, -0.15) is 0 Å². The van der Waals surface area contributed by atoms with E-state index in [4.69, 9.17) is 5.73 Å². The first-order valence-corrected chi connectivity index (χ1v) is 9.44. The molecule has 0 saturated heterocycles. The standard InChI is InChI=1S/C21H21NO8/c1-6-8-4-3-5-9(23)11(8)16(25)12-10(6)17(26)14-7(2)15(24)13(20(22)29)19(28)21(14,30)18(12)27/h3-7,10,14,17,23-24,26-27,30H,1-2H3,(H2,22,29). The van der Waals surface area contributed by atoms with E-state index in [2.05, 4.69) is 0 Å². The molecule has 3 aliphatic rings. The largest absolute Gasteiger partial charge is 0.511 e. The maximum absolute atomic E-state index is 13.2. The van der Waals surface area contributed by atoms with Crippen LogP contribution in [0.15, 0.2) is 40.9 Å². The number of ketones is 2. The van der Waals surface area contributed by atoms with Crippen molar-refractivity contribution in [3.05, 3.63) is 52.0 Å². The normalized spacial score (nSPS) is 35.7. The van der Waals surface area contributed by atoms with Crippen LogP contribution in [0.3, 0.4) is 0 Å². The number of aliphatic hydroxyl groups is 4. The van der Waals surface area contributed by atoms with Crippen molar-refractivity contribution in [3.63, 3.8) is 0 Å². The Labute approximate surface area is 170 Å². The van der Waals surface area contributed by atoms with Gasteiger partial charge in [0.25, 0.3) is 5.91 Å². The fourth-order valence-corrected chi connectivity index (χ4v) is 5.34. The summed E-state index contributed by atoms with van der Waals surface area (Å²) >= 11 is 0. The molecule has 0 aliphatic heterocycles. The SMILES string of the molecule is CC1C(O)=C(C(N)=O)C(=O)C2(O)C(O)=C3C(=O)c4c(O)cccc4C(C)C3C(O)C12. The van der Waals surface area contributed by atoms with E-state index in [1.54, 1.807) is 19.1 Å². The number of hydrogen-bond donors (Lipinski definition) is 6. The molecule has 0 aromatic heterocycles. The number of aromatic hydroxyl groups is 1. The predicted octanol–water partition coefficient (Wildman–Crippen LogP) is 0.358. The highest BCUT2D eigenvalue weighted by atomic mass is 16.4. The highest BCUT2D eigenvalue weighted by Gasteiger charge is 2.66. The van der Waals surface area contributed by atoms with Crippen molar-refractivity contribution in [1.29, 1.82) is 0 Å². The minimum atomic E-state index is -2.83. The van der Waals surface area contributed by atoms with Crippen LogP contribution in [-0.4, -0.2) is 54.7 Å². The summed E-state index contributed by atoms with van der Waals surface area (Å²) in [7, 11) is 0. The highest BCUT2D eigenvalue weighted by molar-refractivity contribution is 6.24. The number of carbonyl (C=O) groups excluding carboxylic acids is 3. The Balaban J connectivity index is 2.04. The first-order chi connectivity index (χ1) is 14.0. The van der Waals surface area contributed by atoms with Crippen LogP contribution >= 0.6 is 0 Å². The van der Waals surface area contributed by atoms with Gasteiger partial charge in [-0.15, -0.1) is 0 Å². The van der Waals surface area contributed by atoms with Crippen LogP contribution in [0.1, 0.15) is 35.7 Å². The van der Waals surface area contributed by atoms with Gasteiger partial charge in [0, 0.05) is 23.3 Å². The van der Waals surface area contributed by atoms with E-state index in [9.17, 15) is 39.9 Å². The van der Waals surface area contributed by atoms with Gasteiger partial charge >= 0.3 is 0 Å². The number of phenolic OH excluding ortho intramolecular Hbond substituents is 1. The van der Waals surface area contributed by atoms with Gasteiger partial charge in [0.15, 0.2) is 11.4 Å². The molecule has 1 aromatic carbocycles. The molecule has 0 radical (unpaired) electrons. The molecule has 9 heteroatoms. The van der Waals surface area contributed by atoms with Gasteiger partial charge in [0.05, 0.1) is 11.7 Å². The van der Waals surface area contributed by atoms with Gasteiger partial charge in [-0.1, -0.05) is 26.0 Å². The molecule has 1 aromatic rings. The smallest absolute Gasteiger partial charge is 0.255 e. The van der Waals surface area contributed by atoms with Crippen LogP contribution in [0.5, 0.6) is 5.75 Å². The maximum Gasteiger partial charge on any atom is 0.255 e. The van der Waals surface area contributed by atoms with Gasteiger partial charge in [0.1, 0.15) is 22.8 Å². The first kappa shape index (κ1) is 20.1. The Kier molecular flexibility index (Phi) is 4.13. The molecule has 6 unspecified atom stereocenters. The summed E-state index contributed by atoms with van der Waals surface area (Å²) in [6, 6.07) is 4.44. The van der Waals surface area contributed by atoms with Gasteiger partial charge in [-0.3, -0.25) is 14.4 Å². The molecule has 7 N–H and O–H groups in total. The zero-order chi connectivity index (χ0) is 22.3. The summed E-state index contributed by atoms with van der Waals surface area (Å²) in [6.07, 6.45) is -1.54. The zero-order valence-corrected chi connectivity index (χ0v) is 16.2. The maximum atomic E-state index is 13.2. The average molecular weight is 415 g/mol. The number of carbonyl (C=O) groups is 3. The lowest BCUT2D eigenvalue weighted by molar-refractivity contribution is -0.160. The summed E-state index contributed by atoms with van der Waals surface area (Å²) in [5, 5.41) is 54.0. The van der Waals surface area contributed by atoms with Crippen molar-refractivity contribution in [2.24, 2.45) is 23.5 Å². The van der Waals surface area contributed by atoms with E-state index in [-0.39, 0.29) is 11.3 Å². The predicted molar refractivity (Wildman–Crippen MR) is 101 cm³/mol. The number of nitrogens with two attached hydrogens (primary N) is 1. The number of rotatable bonds is 1. The summed E-state index contributed by atoms with van der Waals surface area (Å²) < 4.78 is 0. The number of fused-ring (bicyclic) bond motifs is 3. The number of aliphatic hydroxyl groups excluding tert-OH is 3. The van der Waals surface area contributed by atoms with Gasteiger partial charge < -0.3 is 31.3 Å². The van der Waals surface area contributed by atoms with Crippen molar-refractivity contribution in [1.82, 2.24) is 0 Å². The number of Topliss-reactive ketones (excluding diaryl/α,β-unsaturated/α-hetero) is 2. The topological polar surface area (TPSA) is 178 Å². The molecule has 0 spiro atoms. The second kappa shape index (κ2) is 6.16. The highest BCUT2D eigenvalue weighted by Crippen LogP contribution is 2.56. The molecule has 4 rings (SSSR count). The van der Waals surface area contributed by atoms with E-state index in [0.29, 0.717) is 5.56 Å². The summed E-state index contributed by atoms with van der Waals surface area (Å²) in [5.74, 6) is -9.72. The molecule has 6 atom stereocenters. The molecule has 30 heavy (non-hydrogen) atoms. The summed E-state index contributed by atoms with van der Waals surface area (Å²) in [6.45, 7) is 3.05. The van der Waals surface area contributed by atoms with Crippen LogP contribution < -0.4 is 5.73 Å². The zero-order valence-electron chi connectivity index (χ0n) is 16.2. The molecule has 1 amide bonds. The minimum Gasteiger partial charge on any atom is -0.511 e. The van der Waals surface area contributed by atoms with Crippen molar-refractivity contribution in [2.75, 3.05) is 0 Å². The van der Waals surface area contributed by atoms with E-state index < -0.39 is 75.5 Å². The molecular weight excluding hydrogens is 394 g/mol. The Hall–Kier alpha value is -3.17. The average Bonchev–Trinajstić information content (AvgIpc) is 2.67. The number of phenols is 1. The lowest BCUT2D eigenvalue weighted by Crippen LogP contribution is -2.64. The Morgan fingerprint density at radius 3 is 2.33 bits per heavy atom. The van der Waals surface area contributed by atoms with Crippen LogP contribution in [0.2, 0.25) is 0 Å². The van der Waals surface area contributed by atoms with E-state index >= 15 is 0 Å². The fraction of sp³-hybridized carbons (Fsp3) is 0.381. The third kappa shape index (κ3) is 2.16. The van der Waals surface area contributed by atoms with Gasteiger partial charge in [0.2, 0.25) is 5.78 Å². The summed E-state index contributed by atoms with van der Waals surface area (Å²) in [5.41, 5.74) is 1.40. The first-order valence-electron chi connectivity index (χ1n) is 9.44. The van der Waals surface area contributed by atoms with Crippen LogP contribution in [-0.2, 0) is 9.59 Å². The quantitative estimate of drug-likeness (QED) is 0.356. The van der Waals surface area contributed by atoms with E-state index in [0.717, 1.165) is 0 Å². The third-order valence-electron chi connectivity index (χ3n) is 6.79. The fourth-order valence-electron chi connectivity index (χ4n) is 5.34. The monoisotopic (exact) mass is 415 g/mol. The number of hydrogen-bond acceptors (Lipinski definition) is 8. The van der Waals surface area contributed by atoms with Crippen LogP contribution in [0.4, 0.5) is 0 Å². The van der Waals surface area contributed by atoms with Crippen molar-refractivity contribution >= 4 is 17.5 Å². The van der Waals surface area contributed by atoms with E-state index in [1.165, 1.54) is 13.0 Å². The van der Waals surface area contributed by atoms with Crippen LogP contribution in [0, 0.1) is 17.8 Å². The van der Waals surface area contributed by atoms with Crippen LogP contribution in [0.25, 0.3) is 0 Å². The lowest BCUT2D eigenvalue weighted by Gasteiger charge is -2.52. The van der Waals surface area contributed by atoms with E-state index in [1.807, 2.05) is 0 Å². The van der Waals surface area contributed by atoms with Crippen molar-refractivity contribution < 1.29 is 39.9 Å².